The van der Waals surface area contributed by atoms with Gasteiger partial charge < -0.3 is 24.8 Å². The highest BCUT2D eigenvalue weighted by molar-refractivity contribution is 6.12. The zero-order valence-corrected chi connectivity index (χ0v) is 18.3. The lowest BCUT2D eigenvalue weighted by atomic mass is 10.0. The summed E-state index contributed by atoms with van der Waals surface area (Å²) < 4.78 is 16.0. The summed E-state index contributed by atoms with van der Waals surface area (Å²) in [6, 6.07) is 10.3. The molecule has 2 N–H and O–H groups in total. The second-order valence-electron chi connectivity index (χ2n) is 7.32. The monoisotopic (exact) mass is 424 g/mol. The second-order valence-corrected chi connectivity index (χ2v) is 7.32. The third-order valence-electron chi connectivity index (χ3n) is 5.25. The lowest BCUT2D eigenvalue weighted by molar-refractivity contribution is -0.117. The van der Waals surface area contributed by atoms with E-state index in [1.165, 1.54) is 7.11 Å². The van der Waals surface area contributed by atoms with E-state index in [2.05, 4.69) is 10.6 Å². The van der Waals surface area contributed by atoms with E-state index < -0.39 is 0 Å². The van der Waals surface area contributed by atoms with Crippen molar-refractivity contribution < 1.29 is 23.8 Å². The van der Waals surface area contributed by atoms with E-state index in [4.69, 9.17) is 14.2 Å². The first-order valence-corrected chi connectivity index (χ1v) is 10.1. The number of hydrogen-bond acceptors (Lipinski definition) is 6. The third kappa shape index (κ3) is 5.24. The molecule has 2 aromatic carbocycles. The van der Waals surface area contributed by atoms with E-state index in [9.17, 15) is 9.59 Å². The highest BCUT2D eigenvalue weighted by Gasteiger charge is 2.23. The first-order valence-electron chi connectivity index (χ1n) is 10.1. The molecule has 0 saturated carbocycles. The Morgan fingerprint density at radius 1 is 1.03 bits per heavy atom. The van der Waals surface area contributed by atoms with Crippen LogP contribution < -0.4 is 24.8 Å². The Morgan fingerprint density at radius 2 is 1.77 bits per heavy atom. The number of hydrogen-bond donors (Lipinski definition) is 2. The van der Waals surface area contributed by atoms with Gasteiger partial charge in [0.05, 0.1) is 38.6 Å². The number of Topliss-reactive ketones (excluding diaryl/α,β-unsaturated/α-hetero) is 1. The molecule has 7 nitrogen and oxygen atoms in total. The van der Waals surface area contributed by atoms with E-state index in [1.807, 2.05) is 6.07 Å². The van der Waals surface area contributed by atoms with Crippen molar-refractivity contribution in [3.8, 4) is 17.2 Å². The lowest BCUT2D eigenvalue weighted by Crippen LogP contribution is -2.35. The van der Waals surface area contributed by atoms with E-state index in [0.717, 1.165) is 24.9 Å². The van der Waals surface area contributed by atoms with Gasteiger partial charge in [0.2, 0.25) is 5.91 Å². The maximum atomic E-state index is 13.1. The van der Waals surface area contributed by atoms with Gasteiger partial charge in [0.25, 0.3) is 0 Å². The van der Waals surface area contributed by atoms with Gasteiger partial charge in [0, 0.05) is 0 Å². The van der Waals surface area contributed by atoms with Gasteiger partial charge >= 0.3 is 0 Å². The van der Waals surface area contributed by atoms with Gasteiger partial charge in [0.15, 0.2) is 5.78 Å². The molecule has 1 aliphatic heterocycles. The maximum Gasteiger partial charge on any atom is 0.241 e. The third-order valence-corrected chi connectivity index (χ3v) is 5.25. The summed E-state index contributed by atoms with van der Waals surface area (Å²) in [6.07, 6.45) is 3.56. The van der Waals surface area contributed by atoms with Crippen LogP contribution in [-0.2, 0) is 4.79 Å². The Morgan fingerprint density at radius 3 is 2.42 bits per heavy atom. The molecule has 31 heavy (non-hydrogen) atoms. The Kier molecular flexibility index (Phi) is 7.31. The van der Waals surface area contributed by atoms with Crippen molar-refractivity contribution in [3.05, 3.63) is 53.1 Å². The van der Waals surface area contributed by atoms with Gasteiger partial charge in [-0.1, -0.05) is 6.07 Å². The van der Waals surface area contributed by atoms with Crippen LogP contribution in [0.3, 0.4) is 0 Å². The first kappa shape index (κ1) is 22.4. The van der Waals surface area contributed by atoms with Crippen LogP contribution in [-0.4, -0.2) is 45.6 Å². The molecule has 1 heterocycles. The number of allylic oxidation sites excluding steroid dienone is 1. The molecule has 1 atom stereocenters. The summed E-state index contributed by atoms with van der Waals surface area (Å²) in [5, 5.41) is 6.12. The number of methoxy groups -OCH3 is 3. The lowest BCUT2D eigenvalue weighted by Gasteiger charge is -2.15. The van der Waals surface area contributed by atoms with Crippen molar-refractivity contribution >= 4 is 23.5 Å². The average Bonchev–Trinajstić information content (AvgIpc) is 3.33. The predicted octanol–water partition coefficient (Wildman–Crippen LogP) is 3.69. The number of ketones is 1. The molecule has 0 radical (unpaired) electrons. The zero-order chi connectivity index (χ0) is 22.4. The molecule has 0 aromatic heterocycles. The topological polar surface area (TPSA) is 85.9 Å². The Bertz CT molecular complexity index is 993. The first-order chi connectivity index (χ1) is 15.0. The Hall–Kier alpha value is -3.32. The fraction of sp³-hybridized carbons (Fsp3) is 0.333. The predicted molar refractivity (Wildman–Crippen MR) is 120 cm³/mol. The molecule has 1 fully saturated rings. The largest absolute Gasteiger partial charge is 0.497 e. The van der Waals surface area contributed by atoms with E-state index in [-0.39, 0.29) is 17.7 Å². The smallest absolute Gasteiger partial charge is 0.241 e. The summed E-state index contributed by atoms with van der Waals surface area (Å²) >= 11 is 0. The number of rotatable bonds is 8. The molecule has 1 amide bonds. The quantitative estimate of drug-likeness (QED) is 0.497. The van der Waals surface area contributed by atoms with Crippen molar-refractivity contribution in [1.82, 2.24) is 5.32 Å². The number of anilines is 1. The van der Waals surface area contributed by atoms with Crippen LogP contribution in [0.4, 0.5) is 5.69 Å². The Balaban J connectivity index is 1.86. The minimum absolute atomic E-state index is 0.0918. The van der Waals surface area contributed by atoms with Crippen LogP contribution >= 0.6 is 0 Å². The highest BCUT2D eigenvalue weighted by Crippen LogP contribution is 2.29. The zero-order valence-electron chi connectivity index (χ0n) is 18.3. The SMILES string of the molecule is COc1ccc(OC)c(C(=O)C(C)=Cc2ccc(OC)c(NC(=O)C3CCCN3)c2)c1. The molecule has 1 aliphatic rings. The number of carbonyl (C=O) groups excluding carboxylic acids is 2. The van der Waals surface area contributed by atoms with Crippen molar-refractivity contribution in [2.24, 2.45) is 0 Å². The standard InChI is InChI=1S/C24H28N2O5/c1-15(23(27)18-14-17(29-2)8-10-21(18)30-3)12-16-7-9-22(31-4)20(13-16)26-24(28)19-6-5-11-25-19/h7-10,12-14,19,25H,5-6,11H2,1-4H3,(H,26,28). The second kappa shape index (κ2) is 10.1. The number of ether oxygens (including phenoxy) is 3. The Labute approximate surface area is 182 Å². The fourth-order valence-corrected chi connectivity index (χ4v) is 3.56. The highest BCUT2D eigenvalue weighted by atomic mass is 16.5. The van der Waals surface area contributed by atoms with Crippen molar-refractivity contribution in [1.29, 1.82) is 0 Å². The van der Waals surface area contributed by atoms with Crippen LogP contribution in [0.25, 0.3) is 6.08 Å². The minimum atomic E-state index is -0.201. The summed E-state index contributed by atoms with van der Waals surface area (Å²) in [7, 11) is 4.63. The number of nitrogens with one attached hydrogen (secondary N) is 2. The minimum Gasteiger partial charge on any atom is -0.497 e. The fourth-order valence-electron chi connectivity index (χ4n) is 3.56. The summed E-state index contributed by atoms with van der Waals surface area (Å²) in [4.78, 5) is 25.6. The van der Waals surface area contributed by atoms with Crippen LogP contribution in [0.5, 0.6) is 17.2 Å². The van der Waals surface area contributed by atoms with Gasteiger partial charge in [-0.25, -0.2) is 0 Å². The van der Waals surface area contributed by atoms with Gasteiger partial charge in [0.1, 0.15) is 17.2 Å². The van der Waals surface area contributed by atoms with Crippen molar-refractivity contribution in [2.75, 3.05) is 33.2 Å². The van der Waals surface area contributed by atoms with Crippen LogP contribution in [0, 0.1) is 0 Å². The van der Waals surface area contributed by atoms with E-state index >= 15 is 0 Å². The van der Waals surface area contributed by atoms with Crippen molar-refractivity contribution in [3.63, 3.8) is 0 Å². The molecule has 1 unspecified atom stereocenters. The molecule has 0 bridgehead atoms. The molecule has 2 aromatic rings. The molecule has 1 saturated heterocycles. The van der Waals surface area contributed by atoms with E-state index in [0.29, 0.717) is 34.1 Å². The molecule has 164 valence electrons. The molecule has 3 rings (SSSR count). The van der Waals surface area contributed by atoms with Gasteiger partial charge in [-0.05, 0) is 73.9 Å². The molecule has 7 heteroatoms. The molecular formula is C24H28N2O5. The summed E-state index contributed by atoms with van der Waals surface area (Å²) in [5.41, 5.74) is 2.27. The molecule has 0 aliphatic carbocycles. The molecular weight excluding hydrogens is 396 g/mol. The maximum absolute atomic E-state index is 13.1. The van der Waals surface area contributed by atoms with Gasteiger partial charge in [-0.3, -0.25) is 9.59 Å². The van der Waals surface area contributed by atoms with Crippen LogP contribution in [0.1, 0.15) is 35.7 Å². The van der Waals surface area contributed by atoms with Crippen LogP contribution in [0.2, 0.25) is 0 Å². The van der Waals surface area contributed by atoms with Gasteiger partial charge in [-0.2, -0.15) is 0 Å². The van der Waals surface area contributed by atoms with Crippen LogP contribution in [0.15, 0.2) is 42.0 Å². The van der Waals surface area contributed by atoms with Crippen molar-refractivity contribution in [2.45, 2.75) is 25.8 Å². The number of amides is 1. The normalized spacial score (nSPS) is 16.0. The van der Waals surface area contributed by atoms with E-state index in [1.54, 1.807) is 57.6 Å². The number of benzene rings is 2. The number of carbonyl (C=O) groups is 2. The summed E-state index contributed by atoms with van der Waals surface area (Å²) in [6.45, 7) is 2.58. The van der Waals surface area contributed by atoms with Gasteiger partial charge in [-0.15, -0.1) is 0 Å². The average molecular weight is 424 g/mol. The summed E-state index contributed by atoms with van der Waals surface area (Å²) in [5.74, 6) is 1.34. The molecule has 0 spiro atoms.